The van der Waals surface area contributed by atoms with Crippen LogP contribution < -0.4 is 0 Å². The van der Waals surface area contributed by atoms with Crippen LogP contribution in [0.3, 0.4) is 0 Å². The second-order valence-corrected chi connectivity index (χ2v) is 2.77. The van der Waals surface area contributed by atoms with E-state index >= 15 is 0 Å². The summed E-state index contributed by atoms with van der Waals surface area (Å²) in [4.78, 5) is 0. The molecule has 0 aliphatic heterocycles. The molecule has 0 saturated heterocycles. The summed E-state index contributed by atoms with van der Waals surface area (Å²) in [7, 11) is 0. The molecule has 0 fully saturated rings. The first-order chi connectivity index (χ1) is 4.21. The van der Waals surface area contributed by atoms with Crippen molar-refractivity contribution in [3.63, 3.8) is 0 Å². The van der Waals surface area contributed by atoms with Gasteiger partial charge in [0.05, 0.1) is 0 Å². The predicted octanol–water partition coefficient (Wildman–Crippen LogP) is 2.29. The van der Waals surface area contributed by atoms with E-state index in [9.17, 15) is 4.39 Å². The molecule has 0 nitrogen and oxygen atoms in total. The monoisotopic (exact) mass is 126 g/mol. The van der Waals surface area contributed by atoms with Gasteiger partial charge >= 0.3 is 0 Å². The molecule has 1 rings (SSSR count). The molecule has 0 aromatic heterocycles. The van der Waals surface area contributed by atoms with Crippen molar-refractivity contribution >= 4 is 0 Å². The van der Waals surface area contributed by atoms with E-state index in [1.807, 2.05) is 0 Å². The maximum atomic E-state index is 13.1. The summed E-state index contributed by atoms with van der Waals surface area (Å²) in [6.07, 6.45) is 2.68. The Morgan fingerprint density at radius 1 is 1.22 bits per heavy atom. The largest absolute Gasteiger partial charge is 0.244 e. The second-order valence-electron chi connectivity index (χ2n) is 2.77. The molecule has 0 heterocycles. The molecule has 1 aliphatic carbocycles. The average Bonchev–Trinajstić information content (AvgIpc) is 1.92. The highest BCUT2D eigenvalue weighted by atomic mass is 19.1. The Hall–Kier alpha value is -0.510. The summed E-state index contributed by atoms with van der Waals surface area (Å²) in [5.41, 5.74) is -0.962. The van der Waals surface area contributed by atoms with Crippen LogP contribution in [0.15, 0.2) is 0 Å². The van der Waals surface area contributed by atoms with Crippen molar-refractivity contribution in [1.29, 1.82) is 0 Å². The van der Waals surface area contributed by atoms with Crippen molar-refractivity contribution in [2.75, 3.05) is 0 Å². The summed E-state index contributed by atoms with van der Waals surface area (Å²) in [5.74, 6) is 5.83. The van der Waals surface area contributed by atoms with Crippen LogP contribution in [-0.2, 0) is 0 Å². The summed E-state index contributed by atoms with van der Waals surface area (Å²) in [6.45, 7) is 1.65. The molecule has 0 aromatic rings. The molecule has 50 valence electrons. The molecule has 0 atom stereocenters. The van der Waals surface area contributed by atoms with Gasteiger partial charge in [-0.05, 0) is 19.8 Å². The van der Waals surface area contributed by atoms with Gasteiger partial charge < -0.3 is 0 Å². The summed E-state index contributed by atoms with van der Waals surface area (Å²) in [6, 6.07) is 0. The number of hydrogen-bond donors (Lipinski definition) is 0. The van der Waals surface area contributed by atoms with Crippen LogP contribution in [0.5, 0.6) is 0 Å². The number of alkyl halides is 1. The Kier molecular flexibility index (Phi) is 1.75. The van der Waals surface area contributed by atoms with Crippen LogP contribution in [-0.4, -0.2) is 5.67 Å². The fourth-order valence-corrected chi connectivity index (χ4v) is 0.948. The SMILES string of the molecule is CC1(F)CCC#CCC1. The Labute approximate surface area is 55.5 Å². The highest BCUT2D eigenvalue weighted by Gasteiger charge is 2.22. The minimum atomic E-state index is -0.962. The van der Waals surface area contributed by atoms with Gasteiger partial charge in [-0.25, -0.2) is 4.39 Å². The number of halogens is 1. The molecular formula is C8H11F. The molecular weight excluding hydrogens is 115 g/mol. The zero-order valence-electron chi connectivity index (χ0n) is 5.71. The maximum absolute atomic E-state index is 13.1. The Balaban J connectivity index is 2.47. The molecule has 1 heteroatoms. The third-order valence-corrected chi connectivity index (χ3v) is 1.67. The molecule has 0 saturated carbocycles. The molecule has 0 amide bonds. The van der Waals surface area contributed by atoms with Gasteiger partial charge in [-0.15, -0.1) is 11.8 Å². The van der Waals surface area contributed by atoms with Crippen LogP contribution >= 0.6 is 0 Å². The smallest absolute Gasteiger partial charge is 0.110 e. The van der Waals surface area contributed by atoms with E-state index in [-0.39, 0.29) is 0 Å². The molecule has 0 aromatic carbocycles. The zero-order chi connectivity index (χ0) is 6.74. The van der Waals surface area contributed by atoms with E-state index in [1.54, 1.807) is 6.92 Å². The molecule has 0 spiro atoms. The van der Waals surface area contributed by atoms with Gasteiger partial charge in [0.25, 0.3) is 0 Å². The molecule has 0 bridgehead atoms. The van der Waals surface area contributed by atoms with Crippen LogP contribution in [0.1, 0.15) is 32.6 Å². The van der Waals surface area contributed by atoms with Crippen molar-refractivity contribution in [3.8, 4) is 11.8 Å². The molecule has 0 radical (unpaired) electrons. The molecule has 0 N–H and O–H groups in total. The lowest BCUT2D eigenvalue weighted by atomic mass is 9.99. The Bertz CT molecular complexity index is 134. The van der Waals surface area contributed by atoms with Gasteiger partial charge in [-0.3, -0.25) is 0 Å². The number of hydrogen-bond acceptors (Lipinski definition) is 0. The summed E-state index contributed by atoms with van der Waals surface area (Å²) < 4.78 is 13.1. The van der Waals surface area contributed by atoms with Gasteiger partial charge in [-0.2, -0.15) is 0 Å². The summed E-state index contributed by atoms with van der Waals surface area (Å²) >= 11 is 0. The van der Waals surface area contributed by atoms with E-state index in [2.05, 4.69) is 11.8 Å². The Morgan fingerprint density at radius 3 is 2.11 bits per heavy atom. The van der Waals surface area contributed by atoms with Gasteiger partial charge in [-0.1, -0.05) is 0 Å². The van der Waals surface area contributed by atoms with E-state index in [1.165, 1.54) is 0 Å². The van der Waals surface area contributed by atoms with Crippen LogP contribution in [0, 0.1) is 11.8 Å². The second kappa shape index (κ2) is 2.39. The summed E-state index contributed by atoms with van der Waals surface area (Å²) in [5, 5.41) is 0. The lowest BCUT2D eigenvalue weighted by Crippen LogP contribution is -2.15. The van der Waals surface area contributed by atoms with Crippen LogP contribution in [0.25, 0.3) is 0 Å². The first-order valence-corrected chi connectivity index (χ1v) is 3.35. The lowest BCUT2D eigenvalue weighted by Gasteiger charge is -2.15. The van der Waals surface area contributed by atoms with E-state index in [0.29, 0.717) is 12.8 Å². The van der Waals surface area contributed by atoms with Crippen molar-refractivity contribution in [3.05, 3.63) is 0 Å². The first-order valence-electron chi connectivity index (χ1n) is 3.35. The fraction of sp³-hybridized carbons (Fsp3) is 0.750. The predicted molar refractivity (Wildman–Crippen MR) is 35.8 cm³/mol. The van der Waals surface area contributed by atoms with Crippen LogP contribution in [0.2, 0.25) is 0 Å². The minimum absolute atomic E-state index is 0.611. The minimum Gasteiger partial charge on any atom is -0.244 e. The standard InChI is InChI=1S/C8H11F/c1-8(9)6-4-2-3-5-7-8/h4-7H2,1H3. The van der Waals surface area contributed by atoms with Crippen molar-refractivity contribution in [2.45, 2.75) is 38.3 Å². The van der Waals surface area contributed by atoms with E-state index in [4.69, 9.17) is 0 Å². The highest BCUT2D eigenvalue weighted by Crippen LogP contribution is 2.24. The van der Waals surface area contributed by atoms with Gasteiger partial charge in [0.15, 0.2) is 0 Å². The van der Waals surface area contributed by atoms with E-state index in [0.717, 1.165) is 12.8 Å². The third-order valence-electron chi connectivity index (χ3n) is 1.67. The molecule has 0 unspecified atom stereocenters. The maximum Gasteiger partial charge on any atom is 0.110 e. The average molecular weight is 126 g/mol. The highest BCUT2D eigenvalue weighted by molar-refractivity contribution is 5.04. The molecule has 9 heavy (non-hydrogen) atoms. The van der Waals surface area contributed by atoms with Gasteiger partial charge in [0, 0.05) is 12.8 Å². The zero-order valence-corrected chi connectivity index (χ0v) is 5.71. The number of rotatable bonds is 0. The van der Waals surface area contributed by atoms with Crippen molar-refractivity contribution in [1.82, 2.24) is 0 Å². The van der Waals surface area contributed by atoms with E-state index < -0.39 is 5.67 Å². The first kappa shape index (κ1) is 6.61. The Morgan fingerprint density at radius 2 is 1.67 bits per heavy atom. The van der Waals surface area contributed by atoms with Gasteiger partial charge in [0.2, 0.25) is 0 Å². The normalized spacial score (nSPS) is 23.8. The fourth-order valence-electron chi connectivity index (χ4n) is 0.948. The van der Waals surface area contributed by atoms with Crippen molar-refractivity contribution in [2.24, 2.45) is 0 Å². The molecule has 1 aliphatic rings. The van der Waals surface area contributed by atoms with Crippen LogP contribution in [0.4, 0.5) is 4.39 Å². The third kappa shape index (κ3) is 2.05. The topological polar surface area (TPSA) is 0 Å². The lowest BCUT2D eigenvalue weighted by molar-refractivity contribution is 0.168. The van der Waals surface area contributed by atoms with Crippen molar-refractivity contribution < 1.29 is 4.39 Å². The van der Waals surface area contributed by atoms with Gasteiger partial charge in [0.1, 0.15) is 5.67 Å². The quantitative estimate of drug-likeness (QED) is 0.437.